The summed E-state index contributed by atoms with van der Waals surface area (Å²) in [6, 6.07) is 5.17. The first-order valence-corrected chi connectivity index (χ1v) is 10.8. The van der Waals surface area contributed by atoms with Crippen molar-refractivity contribution >= 4 is 29.9 Å². The molecule has 0 aromatic heterocycles. The molecule has 0 aliphatic carbocycles. The van der Waals surface area contributed by atoms with E-state index in [0.29, 0.717) is 18.1 Å². The molecular formula is C22H36F2IN5. The molecule has 2 saturated heterocycles. The van der Waals surface area contributed by atoms with Gasteiger partial charge in [0, 0.05) is 30.2 Å². The van der Waals surface area contributed by atoms with E-state index in [2.05, 4.69) is 22.6 Å². The van der Waals surface area contributed by atoms with Crippen molar-refractivity contribution in [1.29, 1.82) is 0 Å². The number of guanidine groups is 1. The molecule has 8 heteroatoms. The molecule has 1 aromatic rings. The topological polar surface area (TPSA) is 42.9 Å². The van der Waals surface area contributed by atoms with Gasteiger partial charge in [-0.05, 0) is 65.9 Å². The minimum Gasteiger partial charge on any atom is -0.357 e. The van der Waals surface area contributed by atoms with Crippen molar-refractivity contribution in [2.75, 3.05) is 34.2 Å². The van der Waals surface area contributed by atoms with Crippen LogP contribution in [0.25, 0.3) is 0 Å². The third-order valence-corrected chi connectivity index (χ3v) is 6.40. The second-order valence-electron chi connectivity index (χ2n) is 8.55. The minimum absolute atomic E-state index is 0. The predicted octanol–water partition coefficient (Wildman–Crippen LogP) is 3.76. The summed E-state index contributed by atoms with van der Waals surface area (Å²) in [5.74, 6) is -0.330. The third kappa shape index (κ3) is 6.03. The van der Waals surface area contributed by atoms with Gasteiger partial charge in [-0.15, -0.1) is 24.0 Å². The Kier molecular flexibility index (Phi) is 9.74. The Bertz CT molecular complexity index is 681. The standard InChI is InChI=1S/C22H35F2N5.HI/c1-5-25-22(27-15-12-16-8-6-9-17(13-15)29(16)4)26-14-20(28(2)3)21-18(23)10-7-11-19(21)24;/h7,10-11,15-17,20H,5-6,8-9,12-14H2,1-4H3,(H2,25,26,27);1H. The molecule has 0 saturated carbocycles. The van der Waals surface area contributed by atoms with E-state index in [1.165, 1.54) is 37.5 Å². The quantitative estimate of drug-likeness (QED) is 0.331. The molecule has 2 fully saturated rings. The van der Waals surface area contributed by atoms with Crippen LogP contribution in [-0.2, 0) is 0 Å². The molecule has 3 unspecified atom stereocenters. The summed E-state index contributed by atoms with van der Waals surface area (Å²) >= 11 is 0. The lowest BCUT2D eigenvalue weighted by Gasteiger charge is -2.47. The van der Waals surface area contributed by atoms with Crippen LogP contribution < -0.4 is 10.6 Å². The number of piperidine rings is 2. The minimum atomic E-state index is -0.528. The zero-order valence-corrected chi connectivity index (χ0v) is 20.8. The zero-order valence-electron chi connectivity index (χ0n) is 18.5. The van der Waals surface area contributed by atoms with Crippen molar-refractivity contribution in [1.82, 2.24) is 20.4 Å². The first kappa shape index (κ1) is 25.3. The van der Waals surface area contributed by atoms with Crippen molar-refractivity contribution in [2.24, 2.45) is 4.99 Å². The van der Waals surface area contributed by atoms with Gasteiger partial charge in [0.15, 0.2) is 5.96 Å². The van der Waals surface area contributed by atoms with Crippen molar-refractivity contribution in [2.45, 2.75) is 63.2 Å². The van der Waals surface area contributed by atoms with E-state index in [4.69, 9.17) is 4.99 Å². The maximum Gasteiger partial charge on any atom is 0.191 e. The van der Waals surface area contributed by atoms with Crippen LogP contribution in [0.1, 0.15) is 50.6 Å². The third-order valence-electron chi connectivity index (χ3n) is 6.40. The molecule has 1 aromatic carbocycles. The Morgan fingerprint density at radius 1 is 1.20 bits per heavy atom. The van der Waals surface area contributed by atoms with E-state index >= 15 is 0 Å². The van der Waals surface area contributed by atoms with Crippen molar-refractivity contribution in [3.05, 3.63) is 35.4 Å². The average Bonchev–Trinajstić information content (AvgIpc) is 2.64. The number of nitrogens with one attached hydrogen (secondary N) is 2. The summed E-state index contributed by atoms with van der Waals surface area (Å²) in [6.45, 7) is 3.05. The smallest absolute Gasteiger partial charge is 0.191 e. The van der Waals surface area contributed by atoms with E-state index in [-0.39, 0.29) is 36.1 Å². The first-order valence-electron chi connectivity index (χ1n) is 10.8. The van der Waals surface area contributed by atoms with Crippen LogP contribution >= 0.6 is 24.0 Å². The molecule has 2 aliphatic heterocycles. The molecule has 3 rings (SSSR count). The fourth-order valence-corrected chi connectivity index (χ4v) is 4.77. The van der Waals surface area contributed by atoms with Crippen molar-refractivity contribution in [3.63, 3.8) is 0 Å². The number of likely N-dealkylation sites (N-methyl/N-ethyl adjacent to an activating group) is 1. The molecule has 0 radical (unpaired) electrons. The number of hydrogen-bond acceptors (Lipinski definition) is 3. The first-order chi connectivity index (χ1) is 13.9. The van der Waals surface area contributed by atoms with Crippen molar-refractivity contribution in [3.8, 4) is 0 Å². The van der Waals surface area contributed by atoms with Crippen molar-refractivity contribution < 1.29 is 8.78 Å². The number of fused-ring (bicyclic) bond motifs is 2. The van der Waals surface area contributed by atoms with E-state index in [0.717, 1.165) is 25.3 Å². The number of nitrogens with zero attached hydrogens (tertiary/aromatic N) is 3. The van der Waals surface area contributed by atoms with E-state index in [9.17, 15) is 8.78 Å². The number of hydrogen-bond donors (Lipinski definition) is 2. The SMILES string of the molecule is CCNC(=NCC(c1c(F)cccc1F)N(C)C)NC1CC2CCCC(C1)N2C.I. The van der Waals surface area contributed by atoms with Gasteiger partial charge in [0.05, 0.1) is 12.6 Å². The maximum absolute atomic E-state index is 14.3. The summed E-state index contributed by atoms with van der Waals surface area (Å²) in [4.78, 5) is 9.06. The van der Waals surface area contributed by atoms with Crippen LogP contribution in [-0.4, -0.2) is 68.1 Å². The van der Waals surface area contributed by atoms with E-state index < -0.39 is 17.7 Å². The lowest BCUT2D eigenvalue weighted by Crippen LogP contribution is -2.56. The van der Waals surface area contributed by atoms with Crippen LogP contribution in [0, 0.1) is 11.6 Å². The number of benzene rings is 1. The van der Waals surface area contributed by atoms with Gasteiger partial charge >= 0.3 is 0 Å². The highest BCUT2D eigenvalue weighted by Gasteiger charge is 2.36. The summed E-state index contributed by atoms with van der Waals surface area (Å²) in [5.41, 5.74) is 0.0749. The Labute approximate surface area is 196 Å². The lowest BCUT2D eigenvalue weighted by molar-refractivity contribution is 0.0526. The molecular weight excluding hydrogens is 499 g/mol. The summed E-state index contributed by atoms with van der Waals surface area (Å²) < 4.78 is 28.6. The predicted molar refractivity (Wildman–Crippen MR) is 130 cm³/mol. The molecule has 30 heavy (non-hydrogen) atoms. The number of halogens is 3. The van der Waals surface area contributed by atoms with Gasteiger partial charge in [-0.1, -0.05) is 12.5 Å². The Balaban J connectivity index is 0.00000320. The lowest BCUT2D eigenvalue weighted by atomic mass is 9.82. The molecule has 170 valence electrons. The highest BCUT2D eigenvalue weighted by atomic mass is 127. The van der Waals surface area contributed by atoms with E-state index in [1.807, 2.05) is 25.9 Å². The largest absolute Gasteiger partial charge is 0.357 e. The van der Waals surface area contributed by atoms with E-state index in [1.54, 1.807) is 0 Å². The second kappa shape index (κ2) is 11.6. The zero-order chi connectivity index (χ0) is 21.0. The number of aliphatic imine (C=N–C) groups is 1. The van der Waals surface area contributed by atoms with Crippen LogP contribution in [0.3, 0.4) is 0 Å². The number of rotatable bonds is 6. The van der Waals surface area contributed by atoms with Gasteiger partial charge in [-0.25, -0.2) is 8.78 Å². The highest BCUT2D eigenvalue weighted by Crippen LogP contribution is 2.32. The summed E-state index contributed by atoms with van der Waals surface area (Å²) in [5, 5.41) is 6.89. The molecule has 0 spiro atoms. The molecule has 3 atom stereocenters. The summed E-state index contributed by atoms with van der Waals surface area (Å²) in [6.07, 6.45) is 6.05. The van der Waals surface area contributed by atoms with Gasteiger partial charge in [0.2, 0.25) is 0 Å². The average molecular weight is 535 g/mol. The van der Waals surface area contributed by atoms with Gasteiger partial charge in [-0.3, -0.25) is 4.99 Å². The summed E-state index contributed by atoms with van der Waals surface area (Å²) in [7, 11) is 5.89. The normalized spacial score (nSPS) is 25.6. The second-order valence-corrected chi connectivity index (χ2v) is 8.55. The van der Waals surface area contributed by atoms with Gasteiger partial charge in [-0.2, -0.15) is 0 Å². The Hall–Kier alpha value is -1.00. The molecule has 0 amide bonds. The van der Waals surface area contributed by atoms with Crippen LogP contribution in [0.5, 0.6) is 0 Å². The van der Waals surface area contributed by atoms with Gasteiger partial charge in [0.25, 0.3) is 0 Å². The fraction of sp³-hybridized carbons (Fsp3) is 0.682. The molecule has 2 aliphatic rings. The fourth-order valence-electron chi connectivity index (χ4n) is 4.77. The van der Waals surface area contributed by atoms with Crippen LogP contribution in [0.2, 0.25) is 0 Å². The van der Waals surface area contributed by atoms with Gasteiger partial charge < -0.3 is 20.4 Å². The van der Waals surface area contributed by atoms with Crippen LogP contribution in [0.15, 0.2) is 23.2 Å². The highest BCUT2D eigenvalue weighted by molar-refractivity contribution is 14.0. The maximum atomic E-state index is 14.3. The Morgan fingerprint density at radius 2 is 1.80 bits per heavy atom. The van der Waals surface area contributed by atoms with Gasteiger partial charge in [0.1, 0.15) is 11.6 Å². The van der Waals surface area contributed by atoms with Crippen LogP contribution in [0.4, 0.5) is 8.78 Å². The molecule has 5 nitrogen and oxygen atoms in total. The molecule has 2 bridgehead atoms. The Morgan fingerprint density at radius 3 is 2.33 bits per heavy atom. The molecule has 2 heterocycles. The monoisotopic (exact) mass is 535 g/mol. The molecule has 2 N–H and O–H groups in total.